The molecule has 0 aliphatic heterocycles. The first kappa shape index (κ1) is 20.0. The van der Waals surface area contributed by atoms with Gasteiger partial charge in [-0.3, -0.25) is 0 Å². The van der Waals surface area contributed by atoms with Crippen LogP contribution in [0.2, 0.25) is 0 Å². The molecule has 0 bridgehead atoms. The third-order valence-electron chi connectivity index (χ3n) is 4.83. The van der Waals surface area contributed by atoms with Crippen molar-refractivity contribution in [2.24, 2.45) is 17.3 Å². The quantitative estimate of drug-likeness (QED) is 0.251. The Morgan fingerprint density at radius 1 is 0.767 bits per heavy atom. The van der Waals surface area contributed by atoms with E-state index in [-0.39, 0.29) is 0 Å². The predicted molar refractivity (Wildman–Crippen MR) is 124 cm³/mol. The number of hydrogen-bond donors (Lipinski definition) is 0. The summed E-state index contributed by atoms with van der Waals surface area (Å²) >= 11 is 1.64. The van der Waals surface area contributed by atoms with Crippen LogP contribution in [0, 0.1) is 6.92 Å². The van der Waals surface area contributed by atoms with E-state index in [2.05, 4.69) is 101 Å². The molecule has 0 amide bonds. The Hall–Kier alpha value is -3.31. The van der Waals surface area contributed by atoms with Crippen LogP contribution in [0.4, 0.5) is 16.5 Å². The summed E-state index contributed by atoms with van der Waals surface area (Å²) in [5.41, 5.74) is 4.60. The van der Waals surface area contributed by atoms with E-state index in [1.165, 1.54) is 21.7 Å². The van der Waals surface area contributed by atoms with Gasteiger partial charge in [-0.15, -0.1) is 0 Å². The normalized spacial score (nSPS) is 11.1. The molecule has 30 heavy (non-hydrogen) atoms. The van der Waals surface area contributed by atoms with Gasteiger partial charge < -0.3 is 4.90 Å². The Morgan fingerprint density at radius 3 is 1.83 bits per heavy atom. The third-order valence-corrected chi connectivity index (χ3v) is 5.81. The highest BCUT2D eigenvalue weighted by Gasteiger charge is 2.12. The summed E-state index contributed by atoms with van der Waals surface area (Å²) in [7, 11) is 1.99. The molecule has 5 heteroatoms. The molecule has 4 aromatic rings. The largest absolute Gasteiger partial charge is 0.408 e. The first-order valence-electron chi connectivity index (χ1n) is 9.98. The van der Waals surface area contributed by atoms with Gasteiger partial charge in [0, 0.05) is 23.7 Å². The van der Waals surface area contributed by atoms with E-state index >= 15 is 0 Å². The Bertz CT molecular complexity index is 1060. The highest BCUT2D eigenvalue weighted by Crippen LogP contribution is 2.26. The van der Waals surface area contributed by atoms with E-state index in [0.717, 1.165) is 23.9 Å². The lowest BCUT2D eigenvalue weighted by Crippen LogP contribution is -2.23. The number of azo groups is 1. The van der Waals surface area contributed by atoms with Crippen LogP contribution >= 0.6 is 11.3 Å². The smallest absolute Gasteiger partial charge is 0.363 e. The van der Waals surface area contributed by atoms with Crippen molar-refractivity contribution in [1.29, 1.82) is 0 Å². The van der Waals surface area contributed by atoms with E-state index in [0.29, 0.717) is 0 Å². The van der Waals surface area contributed by atoms with E-state index in [9.17, 15) is 0 Å². The first-order valence-corrected chi connectivity index (χ1v) is 10.8. The van der Waals surface area contributed by atoms with Crippen molar-refractivity contribution in [2.75, 3.05) is 4.90 Å². The molecule has 0 saturated carbocycles. The molecule has 4 nitrogen and oxygen atoms in total. The van der Waals surface area contributed by atoms with E-state index in [1.807, 2.05) is 23.7 Å². The van der Waals surface area contributed by atoms with E-state index < -0.39 is 0 Å². The van der Waals surface area contributed by atoms with Crippen LogP contribution in [0.5, 0.6) is 0 Å². The summed E-state index contributed by atoms with van der Waals surface area (Å²) in [6, 6.07) is 29.5. The van der Waals surface area contributed by atoms with Gasteiger partial charge >= 0.3 is 5.13 Å². The second-order valence-electron chi connectivity index (χ2n) is 7.28. The second-order valence-corrected chi connectivity index (χ2v) is 8.49. The molecule has 0 saturated heterocycles. The number of aromatic nitrogens is 1. The topological polar surface area (TPSA) is 31.8 Å². The molecule has 0 spiro atoms. The van der Waals surface area contributed by atoms with Crippen molar-refractivity contribution in [3.63, 3.8) is 0 Å². The Labute approximate surface area is 181 Å². The SMILES string of the molecule is Cc1c[n+](C)c(N=Nc2ccc(N(Cc3ccccc3)Cc3ccccc3)cc2)s1. The van der Waals surface area contributed by atoms with Crippen LogP contribution in [-0.4, -0.2) is 0 Å². The van der Waals surface area contributed by atoms with Gasteiger partial charge in [0.05, 0.1) is 12.2 Å². The van der Waals surface area contributed by atoms with Crippen molar-refractivity contribution in [1.82, 2.24) is 0 Å². The lowest BCUT2D eigenvalue weighted by Gasteiger charge is -2.25. The lowest BCUT2D eigenvalue weighted by atomic mass is 10.1. The van der Waals surface area contributed by atoms with Crippen LogP contribution in [0.3, 0.4) is 0 Å². The summed E-state index contributed by atoms with van der Waals surface area (Å²) in [5, 5.41) is 9.71. The number of aryl methyl sites for hydroxylation is 2. The molecule has 0 atom stereocenters. The fourth-order valence-electron chi connectivity index (χ4n) is 3.34. The average Bonchev–Trinajstić information content (AvgIpc) is 3.10. The summed E-state index contributed by atoms with van der Waals surface area (Å²) in [6.45, 7) is 3.77. The van der Waals surface area contributed by atoms with Crippen molar-refractivity contribution in [2.45, 2.75) is 20.0 Å². The van der Waals surface area contributed by atoms with Gasteiger partial charge in [0.2, 0.25) is 0 Å². The Kier molecular flexibility index (Phi) is 6.30. The van der Waals surface area contributed by atoms with Crippen LogP contribution in [0.1, 0.15) is 16.0 Å². The molecule has 4 rings (SSSR count). The lowest BCUT2D eigenvalue weighted by molar-refractivity contribution is -0.654. The van der Waals surface area contributed by atoms with Crippen LogP contribution in [-0.2, 0) is 20.1 Å². The highest BCUT2D eigenvalue weighted by atomic mass is 32.1. The fourth-order valence-corrected chi connectivity index (χ4v) is 4.12. The second kappa shape index (κ2) is 9.46. The maximum atomic E-state index is 4.42. The zero-order chi connectivity index (χ0) is 20.8. The molecule has 1 heterocycles. The first-order chi connectivity index (χ1) is 14.7. The Balaban J connectivity index is 1.54. The molecule has 0 radical (unpaired) electrons. The van der Waals surface area contributed by atoms with Gasteiger partial charge in [0.25, 0.3) is 0 Å². The van der Waals surface area contributed by atoms with Gasteiger partial charge in [0.1, 0.15) is 11.9 Å². The summed E-state index contributed by atoms with van der Waals surface area (Å²) in [6.07, 6.45) is 2.06. The number of nitrogens with zero attached hydrogens (tertiary/aromatic N) is 4. The minimum atomic E-state index is 0.848. The average molecular weight is 414 g/mol. The molecular weight excluding hydrogens is 388 g/mol. The number of thiazole rings is 1. The number of rotatable bonds is 7. The number of hydrogen-bond acceptors (Lipinski definition) is 4. The summed E-state index contributed by atoms with van der Waals surface area (Å²) in [4.78, 5) is 3.60. The predicted octanol–water partition coefficient (Wildman–Crippen LogP) is 6.50. The van der Waals surface area contributed by atoms with Gasteiger partial charge in [-0.05, 0) is 58.8 Å². The monoisotopic (exact) mass is 413 g/mol. The minimum Gasteiger partial charge on any atom is -0.363 e. The van der Waals surface area contributed by atoms with Gasteiger partial charge in [0.15, 0.2) is 0 Å². The molecule has 1 aromatic heterocycles. The molecule has 0 aliphatic rings. The van der Waals surface area contributed by atoms with E-state index in [1.54, 1.807) is 11.3 Å². The summed E-state index contributed by atoms with van der Waals surface area (Å²) < 4.78 is 2.00. The molecule has 0 fully saturated rings. The van der Waals surface area contributed by atoms with Crippen molar-refractivity contribution in [3.8, 4) is 0 Å². The van der Waals surface area contributed by atoms with Crippen LogP contribution < -0.4 is 9.47 Å². The number of anilines is 1. The molecule has 0 N–H and O–H groups in total. The molecule has 3 aromatic carbocycles. The highest BCUT2D eigenvalue weighted by molar-refractivity contribution is 7.14. The molecule has 150 valence electrons. The van der Waals surface area contributed by atoms with Crippen LogP contribution in [0.15, 0.2) is 101 Å². The van der Waals surface area contributed by atoms with Gasteiger partial charge in [-0.2, -0.15) is 0 Å². The maximum absolute atomic E-state index is 4.42. The zero-order valence-corrected chi connectivity index (χ0v) is 18.1. The minimum absolute atomic E-state index is 0.848. The standard InChI is InChI=1S/C25H25N4S/c1-20-17-28(2)25(30-20)27-26-23-13-15-24(16-14-23)29(18-21-9-5-3-6-10-21)19-22-11-7-4-8-12-22/h3-17H,18-19H2,1-2H3/q+1. The fraction of sp³-hybridized carbons (Fsp3) is 0.160. The van der Waals surface area contributed by atoms with Crippen LogP contribution in [0.25, 0.3) is 0 Å². The van der Waals surface area contributed by atoms with Crippen molar-refractivity contribution in [3.05, 3.63) is 107 Å². The zero-order valence-electron chi connectivity index (χ0n) is 17.3. The third kappa shape index (κ3) is 5.19. The maximum Gasteiger partial charge on any atom is 0.408 e. The van der Waals surface area contributed by atoms with Crippen molar-refractivity contribution < 1.29 is 4.57 Å². The van der Waals surface area contributed by atoms with E-state index in [4.69, 9.17) is 0 Å². The molecule has 0 aliphatic carbocycles. The van der Waals surface area contributed by atoms with Gasteiger partial charge in [-0.25, -0.2) is 4.57 Å². The van der Waals surface area contributed by atoms with Gasteiger partial charge in [-0.1, -0.05) is 60.7 Å². The number of benzene rings is 3. The summed E-state index contributed by atoms with van der Waals surface area (Å²) in [5.74, 6) is 0. The van der Waals surface area contributed by atoms with Crippen molar-refractivity contribution >= 4 is 27.8 Å². The molecular formula is C25H25N4S+. The molecule has 0 unspecified atom stereocenters. The Morgan fingerprint density at radius 2 is 1.33 bits per heavy atom.